The van der Waals surface area contributed by atoms with Crippen molar-refractivity contribution < 1.29 is 14.3 Å². The molecule has 6 heteroatoms. The molecule has 122 valence electrons. The number of carbonyl (C=O) groups is 2. The molecule has 1 atom stereocenters. The van der Waals surface area contributed by atoms with Gasteiger partial charge in [0.15, 0.2) is 11.2 Å². The summed E-state index contributed by atoms with van der Waals surface area (Å²) in [6.45, 7) is 5.34. The van der Waals surface area contributed by atoms with E-state index in [1.807, 2.05) is 17.5 Å². The Labute approximate surface area is 139 Å². The Hall–Kier alpha value is -2.21. The van der Waals surface area contributed by atoms with E-state index in [2.05, 4.69) is 29.4 Å². The van der Waals surface area contributed by atoms with Crippen LogP contribution in [0, 0.1) is 0 Å². The highest BCUT2D eigenvalue weighted by molar-refractivity contribution is 7.14. The second-order valence-electron chi connectivity index (χ2n) is 5.06. The fourth-order valence-electron chi connectivity index (χ4n) is 1.92. The Bertz CT molecular complexity index is 679. The fourth-order valence-corrected chi connectivity index (χ4v) is 2.64. The number of amides is 1. The lowest BCUT2D eigenvalue weighted by molar-refractivity contribution is -0.152. The SMILES string of the molecule is CCC(=O)O[C@H](C)C(=O)Nc1nc(-c2ccc(CC)cc2)cs1. The average molecular weight is 332 g/mol. The molecule has 23 heavy (non-hydrogen) atoms. The normalized spacial score (nSPS) is 11.8. The largest absolute Gasteiger partial charge is 0.453 e. The van der Waals surface area contributed by atoms with Crippen LogP contribution in [0.25, 0.3) is 11.3 Å². The summed E-state index contributed by atoms with van der Waals surface area (Å²) in [6, 6.07) is 8.18. The molecule has 0 saturated carbocycles. The van der Waals surface area contributed by atoms with Gasteiger partial charge in [0, 0.05) is 17.4 Å². The summed E-state index contributed by atoms with van der Waals surface area (Å²) in [6.07, 6.45) is 0.401. The predicted molar refractivity (Wildman–Crippen MR) is 91.4 cm³/mol. The number of rotatable bonds is 6. The van der Waals surface area contributed by atoms with E-state index < -0.39 is 12.1 Å². The number of esters is 1. The fraction of sp³-hybridized carbons (Fsp3) is 0.353. The molecule has 0 radical (unpaired) electrons. The van der Waals surface area contributed by atoms with E-state index in [4.69, 9.17) is 4.74 Å². The molecule has 5 nitrogen and oxygen atoms in total. The van der Waals surface area contributed by atoms with E-state index in [1.165, 1.54) is 16.9 Å². The third-order valence-corrected chi connectivity index (χ3v) is 4.12. The lowest BCUT2D eigenvalue weighted by Crippen LogP contribution is -2.29. The van der Waals surface area contributed by atoms with Crippen molar-refractivity contribution in [3.05, 3.63) is 35.2 Å². The Kier molecular flexibility index (Phi) is 5.87. The second kappa shape index (κ2) is 7.87. The Balaban J connectivity index is 2.01. The highest BCUT2D eigenvalue weighted by Crippen LogP contribution is 2.25. The van der Waals surface area contributed by atoms with Gasteiger partial charge < -0.3 is 4.74 Å². The minimum Gasteiger partial charge on any atom is -0.453 e. The van der Waals surface area contributed by atoms with Crippen molar-refractivity contribution >= 4 is 28.3 Å². The van der Waals surface area contributed by atoms with Crippen molar-refractivity contribution in [3.63, 3.8) is 0 Å². The van der Waals surface area contributed by atoms with Crippen LogP contribution in [0.1, 0.15) is 32.8 Å². The van der Waals surface area contributed by atoms with Crippen LogP contribution < -0.4 is 5.32 Å². The van der Waals surface area contributed by atoms with Gasteiger partial charge in [-0.3, -0.25) is 14.9 Å². The van der Waals surface area contributed by atoms with Crippen LogP contribution in [0.2, 0.25) is 0 Å². The maximum Gasteiger partial charge on any atom is 0.306 e. The van der Waals surface area contributed by atoms with Gasteiger partial charge >= 0.3 is 5.97 Å². The Morgan fingerprint density at radius 3 is 2.57 bits per heavy atom. The van der Waals surface area contributed by atoms with Crippen LogP contribution in [0.3, 0.4) is 0 Å². The molecule has 0 fully saturated rings. The van der Waals surface area contributed by atoms with Crippen molar-refractivity contribution in [1.29, 1.82) is 0 Å². The average Bonchev–Trinajstić information content (AvgIpc) is 3.03. The first-order chi connectivity index (χ1) is 11.0. The Morgan fingerprint density at radius 1 is 1.26 bits per heavy atom. The molecule has 2 aromatic rings. The molecule has 1 aromatic carbocycles. The molecule has 2 rings (SSSR count). The topological polar surface area (TPSA) is 68.3 Å². The predicted octanol–water partition coefficient (Wildman–Crippen LogP) is 3.65. The summed E-state index contributed by atoms with van der Waals surface area (Å²) >= 11 is 1.34. The summed E-state index contributed by atoms with van der Waals surface area (Å²) in [5, 5.41) is 5.05. The third-order valence-electron chi connectivity index (χ3n) is 3.36. The van der Waals surface area contributed by atoms with Gasteiger partial charge in [-0.25, -0.2) is 4.98 Å². The van der Waals surface area contributed by atoms with Gasteiger partial charge in [0.25, 0.3) is 5.91 Å². The summed E-state index contributed by atoms with van der Waals surface area (Å²) < 4.78 is 4.98. The number of hydrogen-bond donors (Lipinski definition) is 1. The molecule has 0 aliphatic carbocycles. The number of nitrogens with one attached hydrogen (secondary N) is 1. The van der Waals surface area contributed by atoms with Gasteiger partial charge in [-0.2, -0.15) is 0 Å². The summed E-state index contributed by atoms with van der Waals surface area (Å²) in [7, 11) is 0. The van der Waals surface area contributed by atoms with Gasteiger partial charge in [-0.15, -0.1) is 11.3 Å². The quantitative estimate of drug-likeness (QED) is 0.820. The van der Waals surface area contributed by atoms with Crippen LogP contribution in [0.4, 0.5) is 5.13 Å². The molecular weight excluding hydrogens is 312 g/mol. The first kappa shape index (κ1) is 17.1. The summed E-state index contributed by atoms with van der Waals surface area (Å²) in [5.41, 5.74) is 3.08. The van der Waals surface area contributed by atoms with E-state index in [0.29, 0.717) is 5.13 Å². The van der Waals surface area contributed by atoms with Gasteiger partial charge in [0.1, 0.15) is 0 Å². The van der Waals surface area contributed by atoms with Crippen molar-refractivity contribution in [2.24, 2.45) is 0 Å². The van der Waals surface area contributed by atoms with Gasteiger partial charge in [0.2, 0.25) is 0 Å². The van der Waals surface area contributed by atoms with Crippen LogP contribution in [0.15, 0.2) is 29.6 Å². The molecule has 1 heterocycles. The number of thiazole rings is 1. The van der Waals surface area contributed by atoms with Crippen LogP contribution >= 0.6 is 11.3 Å². The van der Waals surface area contributed by atoms with Gasteiger partial charge in [0.05, 0.1) is 5.69 Å². The van der Waals surface area contributed by atoms with Crippen molar-refractivity contribution in [2.75, 3.05) is 5.32 Å². The maximum atomic E-state index is 12.0. The standard InChI is InChI=1S/C17H20N2O3S/c1-4-12-6-8-13(9-7-12)14-10-23-17(18-14)19-16(21)11(3)22-15(20)5-2/h6-11H,4-5H2,1-3H3,(H,18,19,21)/t11-/m1/s1. The number of benzene rings is 1. The molecule has 0 aliphatic heterocycles. The molecule has 1 N–H and O–H groups in total. The third kappa shape index (κ3) is 4.63. The van der Waals surface area contributed by atoms with Crippen molar-refractivity contribution in [3.8, 4) is 11.3 Å². The van der Waals surface area contributed by atoms with Crippen LogP contribution in [0.5, 0.6) is 0 Å². The van der Waals surface area contributed by atoms with E-state index in [9.17, 15) is 9.59 Å². The molecule has 0 unspecified atom stereocenters. The van der Waals surface area contributed by atoms with E-state index in [0.717, 1.165) is 17.7 Å². The minimum atomic E-state index is -0.835. The van der Waals surface area contributed by atoms with E-state index >= 15 is 0 Å². The van der Waals surface area contributed by atoms with Gasteiger partial charge in [-0.05, 0) is 18.9 Å². The van der Waals surface area contributed by atoms with Crippen molar-refractivity contribution in [2.45, 2.75) is 39.7 Å². The van der Waals surface area contributed by atoms with Gasteiger partial charge in [-0.1, -0.05) is 38.1 Å². The lowest BCUT2D eigenvalue weighted by atomic mass is 10.1. The number of aryl methyl sites for hydroxylation is 1. The van der Waals surface area contributed by atoms with Crippen LogP contribution in [-0.4, -0.2) is 23.0 Å². The first-order valence-electron chi connectivity index (χ1n) is 7.58. The summed E-state index contributed by atoms with van der Waals surface area (Å²) in [5.74, 6) is -0.780. The highest BCUT2D eigenvalue weighted by atomic mass is 32.1. The number of aromatic nitrogens is 1. The molecular formula is C17H20N2O3S. The molecule has 0 aliphatic rings. The smallest absolute Gasteiger partial charge is 0.306 e. The molecule has 0 bridgehead atoms. The zero-order chi connectivity index (χ0) is 16.8. The maximum absolute atomic E-state index is 12.0. The van der Waals surface area contributed by atoms with Crippen LogP contribution in [-0.2, 0) is 20.7 Å². The molecule has 0 spiro atoms. The molecule has 1 amide bonds. The molecule has 1 aromatic heterocycles. The number of hydrogen-bond acceptors (Lipinski definition) is 5. The first-order valence-corrected chi connectivity index (χ1v) is 8.46. The second-order valence-corrected chi connectivity index (χ2v) is 5.92. The zero-order valence-electron chi connectivity index (χ0n) is 13.5. The van der Waals surface area contributed by atoms with Crippen molar-refractivity contribution in [1.82, 2.24) is 4.98 Å². The number of anilines is 1. The highest BCUT2D eigenvalue weighted by Gasteiger charge is 2.18. The van der Waals surface area contributed by atoms with E-state index in [1.54, 1.807) is 13.8 Å². The lowest BCUT2D eigenvalue weighted by Gasteiger charge is -2.11. The number of ether oxygens (including phenoxy) is 1. The van der Waals surface area contributed by atoms with E-state index in [-0.39, 0.29) is 12.3 Å². The monoisotopic (exact) mass is 332 g/mol. The Morgan fingerprint density at radius 2 is 1.96 bits per heavy atom. The minimum absolute atomic E-state index is 0.243. The number of nitrogens with zero attached hydrogens (tertiary/aromatic N) is 1. The summed E-state index contributed by atoms with van der Waals surface area (Å²) in [4.78, 5) is 27.6. The zero-order valence-corrected chi connectivity index (χ0v) is 14.3. The molecule has 0 saturated heterocycles. The number of carbonyl (C=O) groups excluding carboxylic acids is 2.